The lowest BCUT2D eigenvalue weighted by molar-refractivity contribution is -0.129. The van der Waals surface area contributed by atoms with Crippen molar-refractivity contribution in [1.82, 2.24) is 0 Å². The Kier molecular flexibility index (Phi) is 5.46. The molecule has 0 saturated carbocycles. The van der Waals surface area contributed by atoms with Gasteiger partial charge in [0, 0.05) is 18.0 Å². The highest BCUT2D eigenvalue weighted by molar-refractivity contribution is 9.10. The summed E-state index contributed by atoms with van der Waals surface area (Å²) >= 11 is 9.23. The monoisotopic (exact) mass is 304 g/mol. The van der Waals surface area contributed by atoms with E-state index in [0.29, 0.717) is 11.4 Å². The molecule has 1 aromatic rings. The number of ether oxygens (including phenoxy) is 1. The lowest BCUT2D eigenvalue weighted by atomic mass is 10.0. The number of hydrogen-bond donors (Lipinski definition) is 0. The Morgan fingerprint density at radius 1 is 1.56 bits per heavy atom. The second-order valence-electron chi connectivity index (χ2n) is 3.51. The molecule has 0 aliphatic heterocycles. The normalized spacial score (nSPS) is 12.5. The molecule has 0 aliphatic rings. The van der Waals surface area contributed by atoms with Gasteiger partial charge < -0.3 is 4.74 Å². The summed E-state index contributed by atoms with van der Waals surface area (Å²) in [4.78, 5) is 11.8. The summed E-state index contributed by atoms with van der Waals surface area (Å²) in [5.41, 5.74) is 0.831. The summed E-state index contributed by atoms with van der Waals surface area (Å²) in [5.74, 6) is 0.0965. The van der Waals surface area contributed by atoms with Crippen molar-refractivity contribution in [2.45, 2.75) is 25.9 Å². The maximum Gasteiger partial charge on any atom is 0.166 e. The third-order valence-corrected chi connectivity index (χ3v) is 3.48. The van der Waals surface area contributed by atoms with Crippen molar-refractivity contribution in [3.8, 4) is 0 Å². The molecule has 0 saturated heterocycles. The van der Waals surface area contributed by atoms with Crippen LogP contribution in [0.4, 0.5) is 0 Å². The van der Waals surface area contributed by atoms with Crippen molar-refractivity contribution in [2.24, 2.45) is 0 Å². The van der Waals surface area contributed by atoms with E-state index in [1.165, 1.54) is 0 Å². The van der Waals surface area contributed by atoms with Gasteiger partial charge in [0.05, 0.1) is 5.02 Å². The number of ketones is 1. The van der Waals surface area contributed by atoms with Crippen LogP contribution in [-0.2, 0) is 9.53 Å². The molecule has 1 atom stereocenters. The molecule has 0 fully saturated rings. The van der Waals surface area contributed by atoms with Crippen LogP contribution in [0.3, 0.4) is 0 Å². The summed E-state index contributed by atoms with van der Waals surface area (Å²) in [5, 5.41) is 0.626. The van der Waals surface area contributed by atoms with E-state index >= 15 is 0 Å². The van der Waals surface area contributed by atoms with Crippen LogP contribution in [-0.4, -0.2) is 12.9 Å². The molecule has 2 nitrogen and oxygen atoms in total. The van der Waals surface area contributed by atoms with Gasteiger partial charge in [-0.2, -0.15) is 0 Å². The molecule has 1 rings (SSSR count). The summed E-state index contributed by atoms with van der Waals surface area (Å²) in [6.07, 6.45) is 0.861. The largest absolute Gasteiger partial charge is 0.369 e. The molecule has 1 aromatic carbocycles. The highest BCUT2D eigenvalue weighted by atomic mass is 79.9. The predicted octanol–water partition coefficient (Wildman–Crippen LogP) is 4.16. The average Bonchev–Trinajstić information content (AvgIpc) is 2.25. The Bertz CT molecular complexity index is 379. The summed E-state index contributed by atoms with van der Waals surface area (Å²) in [7, 11) is 1.54. The minimum atomic E-state index is -0.492. The van der Waals surface area contributed by atoms with Crippen molar-refractivity contribution < 1.29 is 9.53 Å². The SMILES string of the molecule is CCCC(=O)C(OC)c1ccc(Cl)c(Br)c1. The Morgan fingerprint density at radius 2 is 2.25 bits per heavy atom. The quantitative estimate of drug-likeness (QED) is 0.816. The third kappa shape index (κ3) is 3.30. The number of carbonyl (C=O) groups excluding carboxylic acids is 1. The zero-order chi connectivity index (χ0) is 12.1. The molecule has 16 heavy (non-hydrogen) atoms. The molecule has 1 unspecified atom stereocenters. The highest BCUT2D eigenvalue weighted by Gasteiger charge is 2.19. The van der Waals surface area contributed by atoms with E-state index in [2.05, 4.69) is 15.9 Å². The van der Waals surface area contributed by atoms with Gasteiger partial charge >= 0.3 is 0 Å². The van der Waals surface area contributed by atoms with Gasteiger partial charge in [-0.1, -0.05) is 24.6 Å². The molecule has 0 heterocycles. The standard InChI is InChI=1S/C12H14BrClO2/c1-3-4-11(15)12(16-2)8-5-6-10(14)9(13)7-8/h5-7,12H,3-4H2,1-2H3. The van der Waals surface area contributed by atoms with Crippen LogP contribution in [0.25, 0.3) is 0 Å². The molecular weight excluding hydrogens is 291 g/mol. The van der Waals surface area contributed by atoms with Crippen LogP contribution >= 0.6 is 27.5 Å². The highest BCUT2D eigenvalue weighted by Crippen LogP contribution is 2.28. The lowest BCUT2D eigenvalue weighted by Gasteiger charge is -2.14. The number of halogens is 2. The summed E-state index contributed by atoms with van der Waals surface area (Å²) in [6.45, 7) is 1.97. The fourth-order valence-electron chi connectivity index (χ4n) is 1.51. The average molecular weight is 306 g/mol. The zero-order valence-electron chi connectivity index (χ0n) is 9.30. The van der Waals surface area contributed by atoms with Crippen molar-refractivity contribution in [1.29, 1.82) is 0 Å². The molecule has 0 radical (unpaired) electrons. The maximum absolute atomic E-state index is 11.8. The fraction of sp³-hybridized carbons (Fsp3) is 0.417. The first-order valence-corrected chi connectivity index (χ1v) is 6.27. The Balaban J connectivity index is 2.95. The van der Waals surface area contributed by atoms with Gasteiger partial charge in [-0.3, -0.25) is 4.79 Å². The van der Waals surface area contributed by atoms with E-state index in [-0.39, 0.29) is 5.78 Å². The van der Waals surface area contributed by atoms with Crippen molar-refractivity contribution in [3.05, 3.63) is 33.3 Å². The van der Waals surface area contributed by atoms with Crippen molar-refractivity contribution in [3.63, 3.8) is 0 Å². The van der Waals surface area contributed by atoms with Gasteiger partial charge in [-0.15, -0.1) is 0 Å². The number of Topliss-reactive ketones (excluding diaryl/α,β-unsaturated/α-hetero) is 1. The van der Waals surface area contributed by atoms with Crippen LogP contribution in [0, 0.1) is 0 Å². The minimum absolute atomic E-state index is 0.0965. The van der Waals surface area contributed by atoms with E-state index < -0.39 is 6.10 Å². The molecule has 4 heteroatoms. The maximum atomic E-state index is 11.8. The van der Waals surface area contributed by atoms with E-state index in [4.69, 9.17) is 16.3 Å². The van der Waals surface area contributed by atoms with Crippen LogP contribution in [0.2, 0.25) is 5.02 Å². The number of benzene rings is 1. The van der Waals surface area contributed by atoms with Crippen LogP contribution in [0.1, 0.15) is 31.4 Å². The molecule has 0 aromatic heterocycles. The Labute approximate surface area is 109 Å². The van der Waals surface area contributed by atoms with Crippen LogP contribution in [0.15, 0.2) is 22.7 Å². The molecule has 88 valence electrons. The molecule has 0 aliphatic carbocycles. The smallest absolute Gasteiger partial charge is 0.166 e. The number of carbonyl (C=O) groups is 1. The predicted molar refractivity (Wildman–Crippen MR) is 68.8 cm³/mol. The minimum Gasteiger partial charge on any atom is -0.369 e. The van der Waals surface area contributed by atoms with Gasteiger partial charge in [0.1, 0.15) is 6.10 Å². The fourth-order valence-corrected chi connectivity index (χ4v) is 2.02. The number of hydrogen-bond acceptors (Lipinski definition) is 2. The van der Waals surface area contributed by atoms with Crippen molar-refractivity contribution >= 4 is 33.3 Å². The van der Waals surface area contributed by atoms with Gasteiger partial charge in [0.25, 0.3) is 0 Å². The molecule has 0 amide bonds. The second-order valence-corrected chi connectivity index (χ2v) is 4.77. The van der Waals surface area contributed by atoms with Crippen LogP contribution in [0.5, 0.6) is 0 Å². The number of methoxy groups -OCH3 is 1. The summed E-state index contributed by atoms with van der Waals surface area (Å²) < 4.78 is 6.01. The van der Waals surface area contributed by atoms with Gasteiger partial charge in [-0.25, -0.2) is 0 Å². The second kappa shape index (κ2) is 6.38. The Morgan fingerprint density at radius 3 is 2.75 bits per heavy atom. The molecule has 0 spiro atoms. The summed E-state index contributed by atoms with van der Waals surface area (Å²) in [6, 6.07) is 5.39. The molecule has 0 N–H and O–H groups in total. The number of rotatable bonds is 5. The van der Waals surface area contributed by atoms with E-state index in [1.807, 2.05) is 19.1 Å². The molecule has 0 bridgehead atoms. The Hall–Kier alpha value is -0.380. The zero-order valence-corrected chi connectivity index (χ0v) is 11.6. The first-order valence-electron chi connectivity index (χ1n) is 5.10. The molecular formula is C12H14BrClO2. The van der Waals surface area contributed by atoms with E-state index in [1.54, 1.807) is 13.2 Å². The first kappa shape index (κ1) is 13.7. The van der Waals surface area contributed by atoms with Gasteiger partial charge in [0.2, 0.25) is 0 Å². The van der Waals surface area contributed by atoms with Crippen LogP contribution < -0.4 is 0 Å². The van der Waals surface area contributed by atoms with Crippen molar-refractivity contribution in [2.75, 3.05) is 7.11 Å². The first-order chi connectivity index (χ1) is 7.60. The van der Waals surface area contributed by atoms with E-state index in [9.17, 15) is 4.79 Å². The lowest BCUT2D eigenvalue weighted by Crippen LogP contribution is -2.14. The topological polar surface area (TPSA) is 26.3 Å². The van der Waals surface area contributed by atoms with Gasteiger partial charge in [-0.05, 0) is 40.0 Å². The van der Waals surface area contributed by atoms with Gasteiger partial charge in [0.15, 0.2) is 5.78 Å². The third-order valence-electron chi connectivity index (χ3n) is 2.27. The van der Waals surface area contributed by atoms with E-state index in [0.717, 1.165) is 16.5 Å².